The van der Waals surface area contributed by atoms with Crippen molar-refractivity contribution in [2.24, 2.45) is 0 Å². The van der Waals surface area contributed by atoms with Crippen LogP contribution in [0.4, 0.5) is 16.2 Å². The van der Waals surface area contributed by atoms with E-state index in [9.17, 15) is 9.59 Å². The lowest BCUT2D eigenvalue weighted by Crippen LogP contribution is -2.53. The molecule has 3 amide bonds. The first kappa shape index (κ1) is 20.3. The summed E-state index contributed by atoms with van der Waals surface area (Å²) in [6.45, 7) is 5.58. The molecule has 4 rings (SSSR count). The van der Waals surface area contributed by atoms with E-state index in [1.165, 1.54) is 0 Å². The van der Waals surface area contributed by atoms with Crippen molar-refractivity contribution in [1.29, 1.82) is 0 Å². The summed E-state index contributed by atoms with van der Waals surface area (Å²) in [4.78, 5) is 31.1. The molecule has 158 valence electrons. The molecule has 3 heterocycles. The second kappa shape index (κ2) is 9.19. The Bertz CT molecular complexity index is 742. The number of carbonyl (C=O) groups excluding carboxylic acids is 2. The Morgan fingerprint density at radius 1 is 1.00 bits per heavy atom. The fraction of sp³-hybridized carbons (Fsp3) is 0.600. The second-order valence-corrected chi connectivity index (χ2v) is 7.94. The summed E-state index contributed by atoms with van der Waals surface area (Å²) in [5, 5.41) is 3.58. The lowest BCUT2D eigenvalue weighted by Gasteiger charge is -2.36. The molecule has 9 heteroatoms. The van der Waals surface area contributed by atoms with Crippen LogP contribution >= 0.6 is 11.6 Å². The van der Waals surface area contributed by atoms with Crippen molar-refractivity contribution < 1.29 is 19.1 Å². The van der Waals surface area contributed by atoms with Crippen LogP contribution in [-0.2, 0) is 14.3 Å². The van der Waals surface area contributed by atoms with E-state index in [2.05, 4.69) is 10.2 Å². The van der Waals surface area contributed by atoms with Crippen molar-refractivity contribution >= 4 is 34.9 Å². The first-order chi connectivity index (χ1) is 14.1. The SMILES string of the molecule is O=C(Nc1cc(Cl)ccc1N1CCOCC1)N1CCN(C(=O)C2CCCO2)CC1. The summed E-state index contributed by atoms with van der Waals surface area (Å²) >= 11 is 6.18. The highest BCUT2D eigenvalue weighted by atomic mass is 35.5. The third kappa shape index (κ3) is 4.76. The van der Waals surface area contributed by atoms with Crippen molar-refractivity contribution in [2.45, 2.75) is 18.9 Å². The van der Waals surface area contributed by atoms with Crippen LogP contribution in [0.15, 0.2) is 18.2 Å². The number of nitrogens with zero attached hydrogens (tertiary/aromatic N) is 3. The minimum atomic E-state index is -0.307. The highest BCUT2D eigenvalue weighted by Gasteiger charge is 2.31. The molecule has 0 aromatic heterocycles. The molecular weight excluding hydrogens is 396 g/mol. The van der Waals surface area contributed by atoms with Gasteiger partial charge in [0.15, 0.2) is 0 Å². The van der Waals surface area contributed by atoms with Crippen molar-refractivity contribution in [3.05, 3.63) is 23.2 Å². The zero-order valence-electron chi connectivity index (χ0n) is 16.4. The quantitative estimate of drug-likeness (QED) is 0.806. The summed E-state index contributed by atoms with van der Waals surface area (Å²) in [7, 11) is 0. The molecule has 3 fully saturated rings. The molecule has 1 aromatic carbocycles. The van der Waals surface area contributed by atoms with E-state index in [4.69, 9.17) is 21.1 Å². The Balaban J connectivity index is 1.36. The van der Waals surface area contributed by atoms with Crippen LogP contribution in [0, 0.1) is 0 Å². The molecule has 3 aliphatic heterocycles. The predicted octanol–water partition coefficient (Wildman–Crippen LogP) is 2.03. The van der Waals surface area contributed by atoms with Crippen molar-refractivity contribution in [3.8, 4) is 0 Å². The number of amides is 3. The van der Waals surface area contributed by atoms with Gasteiger partial charge in [-0.1, -0.05) is 11.6 Å². The molecular formula is C20H27ClN4O4. The molecule has 8 nitrogen and oxygen atoms in total. The first-order valence-electron chi connectivity index (χ1n) is 10.2. The smallest absolute Gasteiger partial charge is 0.322 e. The molecule has 1 aromatic rings. The average molecular weight is 423 g/mol. The first-order valence-corrected chi connectivity index (χ1v) is 10.6. The van der Waals surface area contributed by atoms with Gasteiger partial charge in [0.1, 0.15) is 6.10 Å². The Morgan fingerprint density at radius 3 is 2.41 bits per heavy atom. The molecule has 1 unspecified atom stereocenters. The lowest BCUT2D eigenvalue weighted by atomic mass is 10.2. The maximum Gasteiger partial charge on any atom is 0.322 e. The van der Waals surface area contributed by atoms with Gasteiger partial charge < -0.3 is 29.5 Å². The number of morpholine rings is 1. The highest BCUT2D eigenvalue weighted by Crippen LogP contribution is 2.30. The van der Waals surface area contributed by atoms with E-state index < -0.39 is 0 Å². The van der Waals surface area contributed by atoms with Gasteiger partial charge in [0, 0.05) is 50.9 Å². The summed E-state index contributed by atoms with van der Waals surface area (Å²) in [6.07, 6.45) is 1.42. The topological polar surface area (TPSA) is 74.4 Å². The largest absolute Gasteiger partial charge is 0.378 e. The van der Waals surface area contributed by atoms with E-state index in [0.29, 0.717) is 56.7 Å². The summed E-state index contributed by atoms with van der Waals surface area (Å²) < 4.78 is 10.9. The monoisotopic (exact) mass is 422 g/mol. The maximum atomic E-state index is 12.8. The minimum absolute atomic E-state index is 0.0482. The van der Waals surface area contributed by atoms with Gasteiger partial charge >= 0.3 is 6.03 Å². The number of halogens is 1. The maximum absolute atomic E-state index is 12.8. The zero-order chi connectivity index (χ0) is 20.2. The van der Waals surface area contributed by atoms with E-state index in [0.717, 1.165) is 31.6 Å². The molecule has 1 N–H and O–H groups in total. The normalized spacial score (nSPS) is 22.7. The minimum Gasteiger partial charge on any atom is -0.378 e. The number of rotatable bonds is 3. The fourth-order valence-electron chi connectivity index (χ4n) is 3.99. The van der Waals surface area contributed by atoms with Gasteiger partial charge in [-0.15, -0.1) is 0 Å². The van der Waals surface area contributed by atoms with Crippen LogP contribution < -0.4 is 10.2 Å². The Labute approximate surface area is 175 Å². The number of nitrogens with one attached hydrogen (secondary N) is 1. The van der Waals surface area contributed by atoms with E-state index in [1.807, 2.05) is 12.1 Å². The van der Waals surface area contributed by atoms with Gasteiger partial charge in [-0.25, -0.2) is 4.79 Å². The number of hydrogen-bond donors (Lipinski definition) is 1. The molecule has 0 bridgehead atoms. The molecule has 3 saturated heterocycles. The molecule has 3 aliphatic rings. The molecule has 0 spiro atoms. The van der Waals surface area contributed by atoms with E-state index in [1.54, 1.807) is 15.9 Å². The molecule has 1 atom stereocenters. The summed E-state index contributed by atoms with van der Waals surface area (Å²) in [5.41, 5.74) is 1.64. The van der Waals surface area contributed by atoms with E-state index >= 15 is 0 Å². The summed E-state index contributed by atoms with van der Waals surface area (Å²) in [5.74, 6) is 0.0482. The molecule has 0 saturated carbocycles. The van der Waals surface area contributed by atoms with Gasteiger partial charge in [0.05, 0.1) is 24.6 Å². The number of urea groups is 1. The number of hydrogen-bond acceptors (Lipinski definition) is 5. The highest BCUT2D eigenvalue weighted by molar-refractivity contribution is 6.31. The number of anilines is 2. The number of ether oxygens (including phenoxy) is 2. The van der Waals surface area contributed by atoms with Crippen LogP contribution in [0.5, 0.6) is 0 Å². The van der Waals surface area contributed by atoms with Crippen molar-refractivity contribution in [2.75, 3.05) is 69.3 Å². The Kier molecular flexibility index (Phi) is 6.42. The second-order valence-electron chi connectivity index (χ2n) is 7.51. The summed E-state index contributed by atoms with van der Waals surface area (Å²) in [6, 6.07) is 5.37. The zero-order valence-corrected chi connectivity index (χ0v) is 17.2. The standard InChI is InChI=1S/C20H27ClN4O4/c21-15-3-4-17(23-9-12-28-13-10-23)16(14-15)22-20(27)25-7-5-24(6-8-25)19(26)18-2-1-11-29-18/h3-4,14,18H,1-2,5-13H2,(H,22,27). The average Bonchev–Trinajstić information content (AvgIpc) is 3.29. The van der Waals surface area contributed by atoms with Gasteiger partial charge in [0.2, 0.25) is 0 Å². The van der Waals surface area contributed by atoms with Gasteiger partial charge in [-0.3, -0.25) is 4.79 Å². The lowest BCUT2D eigenvalue weighted by molar-refractivity contribution is -0.142. The Hall–Kier alpha value is -2.03. The van der Waals surface area contributed by atoms with Crippen LogP contribution in [-0.4, -0.2) is 86.9 Å². The Morgan fingerprint density at radius 2 is 1.72 bits per heavy atom. The third-order valence-corrected chi connectivity index (χ3v) is 5.87. The van der Waals surface area contributed by atoms with Crippen LogP contribution in [0.25, 0.3) is 0 Å². The van der Waals surface area contributed by atoms with Crippen LogP contribution in [0.1, 0.15) is 12.8 Å². The fourth-order valence-corrected chi connectivity index (χ4v) is 4.16. The van der Waals surface area contributed by atoms with Crippen LogP contribution in [0.3, 0.4) is 0 Å². The van der Waals surface area contributed by atoms with Crippen molar-refractivity contribution in [1.82, 2.24) is 9.80 Å². The van der Waals surface area contributed by atoms with Crippen LogP contribution in [0.2, 0.25) is 5.02 Å². The number of piperazine rings is 1. The number of carbonyl (C=O) groups is 2. The van der Waals surface area contributed by atoms with E-state index in [-0.39, 0.29) is 18.0 Å². The molecule has 29 heavy (non-hydrogen) atoms. The van der Waals surface area contributed by atoms with Gasteiger partial charge in [-0.05, 0) is 31.0 Å². The third-order valence-electron chi connectivity index (χ3n) is 5.64. The molecule has 0 aliphatic carbocycles. The predicted molar refractivity (Wildman–Crippen MR) is 111 cm³/mol. The van der Waals surface area contributed by atoms with Crippen molar-refractivity contribution in [3.63, 3.8) is 0 Å². The van der Waals surface area contributed by atoms with Gasteiger partial charge in [-0.2, -0.15) is 0 Å². The molecule has 0 radical (unpaired) electrons. The van der Waals surface area contributed by atoms with Gasteiger partial charge in [0.25, 0.3) is 5.91 Å². The number of benzene rings is 1.